The molecular formula is C10H14O3S2. The fourth-order valence-electron chi connectivity index (χ4n) is 1.25. The SMILES string of the molecule is CSc1cc(C(C)O)ccc1S(C)(=O)=O. The molecule has 0 aliphatic heterocycles. The molecular weight excluding hydrogens is 232 g/mol. The molecule has 0 fully saturated rings. The topological polar surface area (TPSA) is 54.4 Å². The van der Waals surface area contributed by atoms with Gasteiger partial charge in [0.2, 0.25) is 0 Å². The minimum Gasteiger partial charge on any atom is -0.389 e. The first-order valence-electron chi connectivity index (χ1n) is 4.42. The summed E-state index contributed by atoms with van der Waals surface area (Å²) >= 11 is 1.36. The number of thioether (sulfide) groups is 1. The zero-order valence-corrected chi connectivity index (χ0v) is 10.5. The van der Waals surface area contributed by atoms with Crippen molar-refractivity contribution in [3.05, 3.63) is 23.8 Å². The first kappa shape index (κ1) is 12.5. The molecule has 5 heteroatoms. The monoisotopic (exact) mass is 246 g/mol. The van der Waals surface area contributed by atoms with Crippen LogP contribution in [-0.2, 0) is 9.84 Å². The summed E-state index contributed by atoms with van der Waals surface area (Å²) in [5.41, 5.74) is 0.728. The summed E-state index contributed by atoms with van der Waals surface area (Å²) < 4.78 is 22.8. The maximum atomic E-state index is 11.4. The molecule has 0 radical (unpaired) electrons. The molecule has 1 aromatic carbocycles. The molecule has 0 aliphatic carbocycles. The van der Waals surface area contributed by atoms with Crippen LogP contribution in [0.5, 0.6) is 0 Å². The Hall–Kier alpha value is -0.520. The summed E-state index contributed by atoms with van der Waals surface area (Å²) in [6.07, 6.45) is 2.42. The molecule has 1 N–H and O–H groups in total. The van der Waals surface area contributed by atoms with E-state index in [9.17, 15) is 13.5 Å². The van der Waals surface area contributed by atoms with Gasteiger partial charge in [-0.05, 0) is 30.9 Å². The van der Waals surface area contributed by atoms with Crippen LogP contribution in [0.25, 0.3) is 0 Å². The van der Waals surface area contributed by atoms with E-state index in [1.54, 1.807) is 25.1 Å². The maximum Gasteiger partial charge on any atom is 0.176 e. The normalized spacial score (nSPS) is 13.9. The Morgan fingerprint density at radius 3 is 2.40 bits per heavy atom. The van der Waals surface area contributed by atoms with E-state index >= 15 is 0 Å². The van der Waals surface area contributed by atoms with E-state index in [4.69, 9.17) is 0 Å². The van der Waals surface area contributed by atoms with Gasteiger partial charge < -0.3 is 5.11 Å². The van der Waals surface area contributed by atoms with Gasteiger partial charge in [-0.3, -0.25) is 0 Å². The second-order valence-corrected chi connectivity index (χ2v) is 6.19. The van der Waals surface area contributed by atoms with Crippen LogP contribution in [-0.4, -0.2) is 26.0 Å². The Balaban J connectivity index is 3.34. The Morgan fingerprint density at radius 1 is 1.40 bits per heavy atom. The van der Waals surface area contributed by atoms with Gasteiger partial charge in [0.25, 0.3) is 0 Å². The van der Waals surface area contributed by atoms with Gasteiger partial charge in [-0.15, -0.1) is 11.8 Å². The van der Waals surface area contributed by atoms with E-state index in [1.165, 1.54) is 18.0 Å². The highest BCUT2D eigenvalue weighted by Gasteiger charge is 2.14. The molecule has 84 valence electrons. The number of aliphatic hydroxyl groups excluding tert-OH is 1. The summed E-state index contributed by atoms with van der Waals surface area (Å²) in [5.74, 6) is 0. The first-order chi connectivity index (χ1) is 6.86. The molecule has 0 aliphatic rings. The summed E-state index contributed by atoms with van der Waals surface area (Å²) in [4.78, 5) is 0.996. The summed E-state index contributed by atoms with van der Waals surface area (Å²) in [6, 6.07) is 4.90. The fourth-order valence-corrected chi connectivity index (χ4v) is 3.22. The zero-order valence-electron chi connectivity index (χ0n) is 8.89. The standard InChI is InChI=1S/C10H14O3S2/c1-7(11)8-4-5-10(15(3,12)13)9(6-8)14-2/h4-7,11H,1-3H3. The lowest BCUT2D eigenvalue weighted by molar-refractivity contribution is 0.199. The Bertz CT molecular complexity index is 450. The highest BCUT2D eigenvalue weighted by Crippen LogP contribution is 2.27. The van der Waals surface area contributed by atoms with Crippen molar-refractivity contribution < 1.29 is 13.5 Å². The molecule has 1 rings (SSSR count). The lowest BCUT2D eigenvalue weighted by Gasteiger charge is -2.10. The van der Waals surface area contributed by atoms with Gasteiger partial charge in [0.05, 0.1) is 11.0 Å². The van der Waals surface area contributed by atoms with Gasteiger partial charge >= 0.3 is 0 Å². The predicted molar refractivity (Wildman–Crippen MR) is 62.0 cm³/mol. The van der Waals surface area contributed by atoms with Crippen molar-refractivity contribution in [2.45, 2.75) is 22.8 Å². The van der Waals surface area contributed by atoms with Crippen LogP contribution < -0.4 is 0 Å². The number of hydrogen-bond donors (Lipinski definition) is 1. The molecule has 0 amide bonds. The zero-order chi connectivity index (χ0) is 11.6. The van der Waals surface area contributed by atoms with Crippen molar-refractivity contribution in [3.63, 3.8) is 0 Å². The van der Waals surface area contributed by atoms with Crippen molar-refractivity contribution in [2.75, 3.05) is 12.5 Å². The Labute approximate surface area is 94.4 Å². The van der Waals surface area contributed by atoms with Crippen LogP contribution in [0, 0.1) is 0 Å². The van der Waals surface area contributed by atoms with E-state index in [0.717, 1.165) is 5.56 Å². The molecule has 0 aromatic heterocycles. The van der Waals surface area contributed by atoms with Crippen molar-refractivity contribution in [2.24, 2.45) is 0 Å². The van der Waals surface area contributed by atoms with Gasteiger partial charge in [-0.25, -0.2) is 8.42 Å². The van der Waals surface area contributed by atoms with Crippen molar-refractivity contribution in [1.82, 2.24) is 0 Å². The van der Waals surface area contributed by atoms with Crippen LogP contribution in [0.1, 0.15) is 18.6 Å². The highest BCUT2D eigenvalue weighted by molar-refractivity contribution is 7.99. The smallest absolute Gasteiger partial charge is 0.176 e. The third-order valence-electron chi connectivity index (χ3n) is 2.07. The summed E-state index contributed by atoms with van der Waals surface area (Å²) in [5, 5.41) is 9.38. The molecule has 0 heterocycles. The molecule has 1 unspecified atom stereocenters. The number of aliphatic hydroxyl groups is 1. The number of benzene rings is 1. The second kappa shape index (κ2) is 4.55. The van der Waals surface area contributed by atoms with Gasteiger partial charge in [0.1, 0.15) is 0 Å². The van der Waals surface area contributed by atoms with E-state index in [0.29, 0.717) is 9.79 Å². The van der Waals surface area contributed by atoms with Crippen LogP contribution in [0.2, 0.25) is 0 Å². The molecule has 0 saturated heterocycles. The third-order valence-corrected chi connectivity index (χ3v) is 4.13. The second-order valence-electron chi connectivity index (χ2n) is 3.36. The number of rotatable bonds is 3. The fraction of sp³-hybridized carbons (Fsp3) is 0.400. The summed E-state index contributed by atoms with van der Waals surface area (Å²) in [7, 11) is -3.19. The molecule has 0 bridgehead atoms. The van der Waals surface area contributed by atoms with Crippen LogP contribution in [0.4, 0.5) is 0 Å². The van der Waals surface area contributed by atoms with E-state index in [-0.39, 0.29) is 0 Å². The van der Waals surface area contributed by atoms with Gasteiger partial charge in [-0.1, -0.05) is 6.07 Å². The maximum absolute atomic E-state index is 11.4. The van der Waals surface area contributed by atoms with E-state index in [1.807, 2.05) is 6.26 Å². The van der Waals surface area contributed by atoms with Crippen molar-refractivity contribution in [1.29, 1.82) is 0 Å². The molecule has 15 heavy (non-hydrogen) atoms. The van der Waals surface area contributed by atoms with Gasteiger partial charge in [0, 0.05) is 11.2 Å². The van der Waals surface area contributed by atoms with Gasteiger partial charge in [-0.2, -0.15) is 0 Å². The largest absolute Gasteiger partial charge is 0.389 e. The average Bonchev–Trinajstić information content (AvgIpc) is 2.15. The minimum atomic E-state index is -3.19. The molecule has 1 aromatic rings. The molecule has 1 atom stereocenters. The number of sulfone groups is 1. The predicted octanol–water partition coefficient (Wildman–Crippen LogP) is 1.87. The third kappa shape index (κ3) is 2.96. The minimum absolute atomic E-state index is 0.319. The van der Waals surface area contributed by atoms with E-state index in [2.05, 4.69) is 0 Å². The average molecular weight is 246 g/mol. The van der Waals surface area contributed by atoms with Crippen LogP contribution in [0.3, 0.4) is 0 Å². The lowest BCUT2D eigenvalue weighted by Crippen LogP contribution is -2.01. The van der Waals surface area contributed by atoms with Crippen LogP contribution in [0.15, 0.2) is 28.0 Å². The highest BCUT2D eigenvalue weighted by atomic mass is 32.2. The van der Waals surface area contributed by atoms with Crippen molar-refractivity contribution in [3.8, 4) is 0 Å². The Kier molecular flexibility index (Phi) is 3.81. The summed E-state index contributed by atoms with van der Waals surface area (Å²) in [6.45, 7) is 1.65. The first-order valence-corrected chi connectivity index (χ1v) is 7.54. The quantitative estimate of drug-likeness (QED) is 0.827. The molecule has 0 spiro atoms. The van der Waals surface area contributed by atoms with Crippen LogP contribution >= 0.6 is 11.8 Å². The van der Waals surface area contributed by atoms with Crippen molar-refractivity contribution >= 4 is 21.6 Å². The van der Waals surface area contributed by atoms with E-state index < -0.39 is 15.9 Å². The molecule has 0 saturated carbocycles. The lowest BCUT2D eigenvalue weighted by atomic mass is 10.1. The molecule has 3 nitrogen and oxygen atoms in total. The number of hydrogen-bond acceptors (Lipinski definition) is 4. The van der Waals surface area contributed by atoms with Gasteiger partial charge in [0.15, 0.2) is 9.84 Å². The Morgan fingerprint density at radius 2 is 2.00 bits per heavy atom.